The van der Waals surface area contributed by atoms with Gasteiger partial charge in [0.1, 0.15) is 0 Å². The Morgan fingerprint density at radius 3 is 0.794 bits per heavy atom. The molecule has 0 radical (unpaired) electrons. The minimum atomic E-state index is 0.724. The lowest BCUT2D eigenvalue weighted by Gasteiger charge is -2.13. The van der Waals surface area contributed by atoms with Crippen molar-refractivity contribution in [3.63, 3.8) is 0 Å². The van der Waals surface area contributed by atoms with Gasteiger partial charge >= 0.3 is 0 Å². The van der Waals surface area contributed by atoms with Crippen LogP contribution in [-0.2, 0) is 0 Å². The van der Waals surface area contributed by atoms with E-state index in [1.165, 1.54) is 162 Å². The van der Waals surface area contributed by atoms with E-state index in [0.29, 0.717) is 0 Å². The fraction of sp³-hybridized carbons (Fsp3) is 0. The van der Waals surface area contributed by atoms with E-state index in [1.807, 2.05) is 60.7 Å². The molecule has 0 fully saturated rings. The molecule has 0 amide bonds. The van der Waals surface area contributed by atoms with Gasteiger partial charge in [0, 0.05) is 93.5 Å². The topological polar surface area (TPSA) is 92.1 Å². The smallest absolute Gasteiger partial charge is 0.160 e. The summed E-state index contributed by atoms with van der Waals surface area (Å²) in [4.78, 5) is 30.9. The van der Waals surface area contributed by atoms with Gasteiger partial charge in [-0.3, -0.25) is 0 Å². The monoisotopic (exact) mass is 1790 g/mol. The number of nitrogens with zero attached hydrogens (tertiary/aromatic N) is 9. The third-order valence-electron chi connectivity index (χ3n) is 28.7. The fourth-order valence-corrected chi connectivity index (χ4v) is 22.3. The van der Waals surface area contributed by atoms with Gasteiger partial charge in [0.05, 0.1) is 77.9 Å². The molecule has 0 aliphatic rings. The lowest BCUT2D eigenvalue weighted by atomic mass is 9.94. The molecule has 9 heteroatoms. The number of hydrogen-bond acceptors (Lipinski definition) is 6. The molecule has 0 aliphatic carbocycles. The normalized spacial score (nSPS) is 11.8. The van der Waals surface area contributed by atoms with Crippen molar-refractivity contribution in [2.75, 3.05) is 0 Å². The molecule has 6 aromatic heterocycles. The van der Waals surface area contributed by atoms with Crippen LogP contribution in [0.2, 0.25) is 0 Å². The summed E-state index contributed by atoms with van der Waals surface area (Å²) in [6.07, 6.45) is 0. The fourth-order valence-electron chi connectivity index (χ4n) is 22.3. The Labute approximate surface area is 809 Å². The molecule has 0 saturated carbocycles. The summed E-state index contributed by atoms with van der Waals surface area (Å²) in [5.41, 5.74) is 23.8. The van der Waals surface area contributed by atoms with Crippen molar-refractivity contribution in [2.45, 2.75) is 0 Å². The second-order valence-corrected chi connectivity index (χ2v) is 36.6. The highest BCUT2D eigenvalue weighted by molar-refractivity contribution is 6.33. The summed E-state index contributed by atoms with van der Waals surface area (Å²) < 4.78 is 7.17. The van der Waals surface area contributed by atoms with Gasteiger partial charge in [-0.15, -0.1) is 0 Å². The molecular formula is C132H81N9. The van der Waals surface area contributed by atoms with Crippen molar-refractivity contribution in [1.82, 2.24) is 43.6 Å². The van der Waals surface area contributed by atoms with Crippen molar-refractivity contribution < 1.29 is 0 Å². The average Bonchev–Trinajstić information content (AvgIpc) is 1.58. The molecule has 141 heavy (non-hydrogen) atoms. The van der Waals surface area contributed by atoms with E-state index >= 15 is 0 Å². The van der Waals surface area contributed by atoms with Gasteiger partial charge in [-0.05, 0) is 188 Å². The van der Waals surface area contributed by atoms with Gasteiger partial charge in [-0.2, -0.15) is 0 Å². The van der Waals surface area contributed by atoms with Gasteiger partial charge in [-0.25, -0.2) is 29.9 Å². The second-order valence-electron chi connectivity index (χ2n) is 36.6. The maximum absolute atomic E-state index is 5.29. The molecule has 0 N–H and O–H groups in total. The first-order chi connectivity index (χ1) is 69.9. The molecule has 30 rings (SSSR count). The molecule has 30 aromatic rings. The van der Waals surface area contributed by atoms with Crippen LogP contribution in [-0.4, -0.2) is 43.6 Å². The number of hydrogen-bond donors (Lipinski definition) is 0. The van der Waals surface area contributed by atoms with E-state index in [0.717, 1.165) is 118 Å². The zero-order chi connectivity index (χ0) is 92.7. The summed E-state index contributed by atoms with van der Waals surface area (Å²) in [7, 11) is 0. The highest BCUT2D eigenvalue weighted by Gasteiger charge is 2.25. The Kier molecular flexibility index (Phi) is 18.8. The van der Waals surface area contributed by atoms with E-state index in [1.54, 1.807) is 0 Å². The number of para-hydroxylation sites is 3. The first-order valence-electron chi connectivity index (χ1n) is 48.0. The van der Waals surface area contributed by atoms with Gasteiger partial charge in [0.2, 0.25) is 0 Å². The van der Waals surface area contributed by atoms with Crippen LogP contribution in [0.25, 0.3) is 280 Å². The standard InChI is InChI=1S/3C44H27N3/c1-3-12-30(13-4-1)43-37-27-32(22-25-38(37)45-44(46-43)31-14-5-2-6-15-31)47-39-18-10-9-17-36(39)42-35-23-21-29-20-19-28-11-7-8-16-33(28)41(29)34(35)24-26-40(42)47;1-3-12-30(13-4-1)43-44(31-14-5-2-6-15-31)46-38-27-32(22-25-37(38)45-43)47-39-18-10-9-17-36(39)42-35-23-21-29-20-19-28-11-7-8-16-33(28)41(29)34(35)24-26-40(42)47;1-3-12-30(13-4-1)43-36-24-22-32(27-38(36)45-44(46-43)31-14-5-2-6-15-31)47-39-18-10-9-17-37(39)42-35-23-21-29-20-19-28-11-7-8-16-33(28)41(29)34(35)25-26-40(42)47/h3*1-27H. The summed E-state index contributed by atoms with van der Waals surface area (Å²) in [6, 6.07) is 175. The molecule has 0 atom stereocenters. The van der Waals surface area contributed by atoms with Gasteiger partial charge in [0.15, 0.2) is 11.6 Å². The van der Waals surface area contributed by atoms with Crippen LogP contribution in [0.4, 0.5) is 0 Å². The summed E-state index contributed by atoms with van der Waals surface area (Å²) in [5.74, 6) is 1.45. The molecule has 0 spiro atoms. The third-order valence-corrected chi connectivity index (χ3v) is 28.7. The average molecular weight is 1790 g/mol. The molecule has 654 valence electrons. The molecule has 0 unspecified atom stereocenters. The van der Waals surface area contributed by atoms with Crippen LogP contribution in [0.3, 0.4) is 0 Å². The molecule has 6 heterocycles. The third kappa shape index (κ3) is 13.3. The largest absolute Gasteiger partial charge is 0.309 e. The Morgan fingerprint density at radius 1 is 0.128 bits per heavy atom. The maximum Gasteiger partial charge on any atom is 0.160 e. The number of benzene rings is 24. The summed E-state index contributed by atoms with van der Waals surface area (Å²) >= 11 is 0. The molecule has 0 bridgehead atoms. The highest BCUT2D eigenvalue weighted by Crippen LogP contribution is 2.48. The van der Waals surface area contributed by atoms with Crippen molar-refractivity contribution in [2.24, 2.45) is 0 Å². The van der Waals surface area contributed by atoms with E-state index in [4.69, 9.17) is 29.9 Å². The lowest BCUT2D eigenvalue weighted by molar-refractivity contribution is 1.17. The SMILES string of the molecule is c1ccc(-c2nc(-c3ccccc3)c3cc(-n4c5ccccc5c5c6ccc7ccc8ccccc8c7c6ccc54)ccc3n2)cc1.c1ccc(-c2nc(-c3ccccc3)c3ccc(-n4c5ccccc5c5c6ccc7ccc8ccccc8c7c6ccc54)cc3n2)cc1.c1ccc(-c2nc3ccc(-n4c5ccccc5c5c6ccc7ccc8ccccc8c7c6ccc54)cc3nc2-c2ccccc2)cc1. The van der Waals surface area contributed by atoms with Crippen molar-refractivity contribution >= 4 is 195 Å². The van der Waals surface area contributed by atoms with Crippen LogP contribution >= 0.6 is 0 Å². The Bertz CT molecular complexity index is 10400. The zero-order valence-corrected chi connectivity index (χ0v) is 76.3. The molecule has 9 nitrogen and oxygen atoms in total. The number of rotatable bonds is 9. The Morgan fingerprint density at radius 2 is 0.397 bits per heavy atom. The molecule has 0 saturated heterocycles. The minimum absolute atomic E-state index is 0.724. The second kappa shape index (κ2) is 33.0. The quantitative estimate of drug-likeness (QED) is 0.134. The Hall–Kier alpha value is -19.0. The maximum atomic E-state index is 5.29. The lowest BCUT2D eigenvalue weighted by Crippen LogP contribution is -1.98. The van der Waals surface area contributed by atoms with Crippen LogP contribution in [0, 0.1) is 0 Å². The summed E-state index contributed by atoms with van der Waals surface area (Å²) in [6.45, 7) is 0. The number of fused-ring (bicyclic) bond motifs is 30. The predicted molar refractivity (Wildman–Crippen MR) is 592 cm³/mol. The van der Waals surface area contributed by atoms with E-state index in [9.17, 15) is 0 Å². The minimum Gasteiger partial charge on any atom is -0.309 e. The van der Waals surface area contributed by atoms with Crippen LogP contribution < -0.4 is 0 Å². The van der Waals surface area contributed by atoms with Crippen molar-refractivity contribution in [3.8, 4) is 84.9 Å². The van der Waals surface area contributed by atoms with Crippen molar-refractivity contribution in [3.05, 3.63) is 491 Å². The zero-order valence-electron chi connectivity index (χ0n) is 76.3. The van der Waals surface area contributed by atoms with E-state index in [2.05, 4.69) is 444 Å². The first-order valence-corrected chi connectivity index (χ1v) is 48.0. The van der Waals surface area contributed by atoms with Gasteiger partial charge < -0.3 is 13.7 Å². The van der Waals surface area contributed by atoms with E-state index < -0.39 is 0 Å². The highest BCUT2D eigenvalue weighted by atomic mass is 15.0. The molecule has 0 aliphatic heterocycles. The number of aromatic nitrogens is 9. The molecular weight excluding hydrogens is 1710 g/mol. The summed E-state index contributed by atoms with van der Waals surface area (Å²) in [5, 5.41) is 32.6. The Balaban J connectivity index is 0.000000104. The van der Waals surface area contributed by atoms with Crippen LogP contribution in [0.1, 0.15) is 0 Å². The first kappa shape index (κ1) is 80.5. The van der Waals surface area contributed by atoms with E-state index in [-0.39, 0.29) is 0 Å². The van der Waals surface area contributed by atoms with Gasteiger partial charge in [0.25, 0.3) is 0 Å². The van der Waals surface area contributed by atoms with Crippen molar-refractivity contribution in [1.29, 1.82) is 0 Å². The molecule has 24 aromatic carbocycles. The van der Waals surface area contributed by atoms with Crippen LogP contribution in [0.15, 0.2) is 491 Å². The predicted octanol–water partition coefficient (Wildman–Crippen LogP) is 34.6. The van der Waals surface area contributed by atoms with Crippen LogP contribution in [0.5, 0.6) is 0 Å². The van der Waals surface area contributed by atoms with Gasteiger partial charge in [-0.1, -0.05) is 400 Å².